The number of hydrogen-bond donors (Lipinski definition) is 1. The average Bonchev–Trinajstić information content (AvgIpc) is 2.13. The summed E-state index contributed by atoms with van der Waals surface area (Å²) >= 11 is 0. The van der Waals surface area contributed by atoms with Gasteiger partial charge in [-0.05, 0) is 31.4 Å². The van der Waals surface area contributed by atoms with E-state index >= 15 is 0 Å². The molecular formula is C12H16O2. The van der Waals surface area contributed by atoms with Crippen LogP contribution in [-0.4, -0.2) is 10.9 Å². The highest BCUT2D eigenvalue weighted by Crippen LogP contribution is 2.26. The molecule has 14 heavy (non-hydrogen) atoms. The first-order chi connectivity index (χ1) is 6.57. The van der Waals surface area contributed by atoms with Crippen molar-refractivity contribution in [1.82, 2.24) is 0 Å². The summed E-state index contributed by atoms with van der Waals surface area (Å²) in [5.41, 5.74) is 2.11. The fourth-order valence-corrected chi connectivity index (χ4v) is 1.50. The van der Waals surface area contributed by atoms with Crippen molar-refractivity contribution in [2.45, 2.75) is 33.6 Å². The van der Waals surface area contributed by atoms with E-state index in [4.69, 9.17) is 0 Å². The van der Waals surface area contributed by atoms with Gasteiger partial charge in [0.25, 0.3) is 0 Å². The largest absolute Gasteiger partial charge is 0.507 e. The van der Waals surface area contributed by atoms with E-state index in [0.29, 0.717) is 12.0 Å². The van der Waals surface area contributed by atoms with Gasteiger partial charge in [0.15, 0.2) is 5.78 Å². The van der Waals surface area contributed by atoms with Gasteiger partial charge in [-0.25, -0.2) is 0 Å². The minimum atomic E-state index is 0.0335. The van der Waals surface area contributed by atoms with Gasteiger partial charge in [-0.15, -0.1) is 0 Å². The van der Waals surface area contributed by atoms with E-state index in [-0.39, 0.29) is 11.5 Å². The van der Waals surface area contributed by atoms with Crippen LogP contribution in [0.25, 0.3) is 0 Å². The molecule has 1 aromatic carbocycles. The van der Waals surface area contributed by atoms with Crippen molar-refractivity contribution in [1.29, 1.82) is 0 Å². The van der Waals surface area contributed by atoms with Crippen LogP contribution in [0.2, 0.25) is 0 Å². The van der Waals surface area contributed by atoms with Crippen LogP contribution in [0.4, 0.5) is 0 Å². The van der Waals surface area contributed by atoms with Crippen LogP contribution in [0.1, 0.15) is 41.3 Å². The molecule has 0 atom stereocenters. The molecule has 0 saturated carbocycles. The second kappa shape index (κ2) is 4.27. The van der Waals surface area contributed by atoms with E-state index in [1.54, 1.807) is 6.92 Å². The average molecular weight is 192 g/mol. The third-order valence-electron chi connectivity index (χ3n) is 2.34. The Bertz CT molecular complexity index is 354. The molecule has 1 N–H and O–H groups in total. The molecule has 0 aliphatic carbocycles. The molecule has 0 radical (unpaired) electrons. The normalized spacial score (nSPS) is 10.2. The van der Waals surface area contributed by atoms with Crippen molar-refractivity contribution >= 4 is 5.78 Å². The van der Waals surface area contributed by atoms with Crippen LogP contribution in [0.5, 0.6) is 5.75 Å². The summed E-state index contributed by atoms with van der Waals surface area (Å²) in [5, 5.41) is 9.75. The number of carbonyl (C=O) groups is 1. The maximum atomic E-state index is 11.7. The Hall–Kier alpha value is -1.31. The lowest BCUT2D eigenvalue weighted by Gasteiger charge is -2.08. The molecule has 0 aromatic heterocycles. The molecule has 0 aliphatic rings. The van der Waals surface area contributed by atoms with Gasteiger partial charge in [0.05, 0.1) is 5.56 Å². The van der Waals surface area contributed by atoms with E-state index in [2.05, 4.69) is 0 Å². The van der Waals surface area contributed by atoms with Crippen molar-refractivity contribution in [3.63, 3.8) is 0 Å². The highest BCUT2D eigenvalue weighted by atomic mass is 16.3. The second-order valence-electron chi connectivity index (χ2n) is 3.60. The molecule has 1 aromatic rings. The van der Waals surface area contributed by atoms with Gasteiger partial charge in [-0.2, -0.15) is 0 Å². The Balaban J connectivity index is 3.18. The van der Waals surface area contributed by atoms with Gasteiger partial charge in [-0.1, -0.05) is 19.1 Å². The molecule has 2 nitrogen and oxygen atoms in total. The number of phenols is 1. The maximum absolute atomic E-state index is 11.7. The van der Waals surface area contributed by atoms with Crippen LogP contribution >= 0.6 is 0 Å². The fraction of sp³-hybridized carbons (Fsp3) is 0.417. The van der Waals surface area contributed by atoms with Crippen LogP contribution in [0.15, 0.2) is 12.1 Å². The van der Waals surface area contributed by atoms with E-state index in [0.717, 1.165) is 17.5 Å². The summed E-state index contributed by atoms with van der Waals surface area (Å²) in [6, 6.07) is 3.70. The molecule has 0 unspecified atom stereocenters. The van der Waals surface area contributed by atoms with E-state index in [1.165, 1.54) is 0 Å². The predicted octanol–water partition coefficient (Wildman–Crippen LogP) is 2.99. The quantitative estimate of drug-likeness (QED) is 0.747. The number of aromatic hydroxyl groups is 1. The molecule has 2 heteroatoms. The summed E-state index contributed by atoms with van der Waals surface area (Å²) < 4.78 is 0. The van der Waals surface area contributed by atoms with Gasteiger partial charge in [0, 0.05) is 6.42 Å². The van der Waals surface area contributed by atoms with Crippen LogP contribution < -0.4 is 0 Å². The van der Waals surface area contributed by atoms with Crippen molar-refractivity contribution in [2.75, 3.05) is 0 Å². The van der Waals surface area contributed by atoms with Crippen molar-refractivity contribution < 1.29 is 9.90 Å². The lowest BCUT2D eigenvalue weighted by atomic mass is 9.98. The van der Waals surface area contributed by atoms with Crippen LogP contribution in [0.3, 0.4) is 0 Å². The SMILES string of the molecule is CCCC(=O)c1c(C)ccc(C)c1O. The Morgan fingerprint density at radius 1 is 1.29 bits per heavy atom. The Labute approximate surface area is 84.6 Å². The van der Waals surface area contributed by atoms with Gasteiger partial charge < -0.3 is 5.11 Å². The molecule has 76 valence electrons. The lowest BCUT2D eigenvalue weighted by molar-refractivity contribution is 0.0978. The summed E-state index contributed by atoms with van der Waals surface area (Å²) in [4.78, 5) is 11.7. The molecule has 0 heterocycles. The molecule has 0 spiro atoms. The standard InChI is InChI=1S/C12H16O2/c1-4-5-10(13)11-8(2)6-7-9(3)12(11)14/h6-7,14H,4-5H2,1-3H3. The van der Waals surface area contributed by atoms with Gasteiger partial charge in [0.1, 0.15) is 5.75 Å². The lowest BCUT2D eigenvalue weighted by Crippen LogP contribution is -2.02. The number of phenolic OH excluding ortho intramolecular Hbond substituents is 1. The van der Waals surface area contributed by atoms with E-state index < -0.39 is 0 Å². The summed E-state index contributed by atoms with van der Waals surface area (Å²) in [5.74, 6) is 0.176. The number of ketones is 1. The zero-order valence-electron chi connectivity index (χ0n) is 8.92. The Kier molecular flexibility index (Phi) is 3.28. The fourth-order valence-electron chi connectivity index (χ4n) is 1.50. The number of Topliss-reactive ketones (excluding diaryl/α,β-unsaturated/α-hetero) is 1. The third-order valence-corrected chi connectivity index (χ3v) is 2.34. The number of benzene rings is 1. The van der Waals surface area contributed by atoms with Crippen LogP contribution in [0, 0.1) is 13.8 Å². The molecule has 0 aliphatic heterocycles. The number of rotatable bonds is 3. The smallest absolute Gasteiger partial charge is 0.166 e. The number of aryl methyl sites for hydroxylation is 2. The molecule has 0 saturated heterocycles. The zero-order chi connectivity index (χ0) is 10.7. The Morgan fingerprint density at radius 3 is 2.43 bits per heavy atom. The van der Waals surface area contributed by atoms with Crippen LogP contribution in [-0.2, 0) is 0 Å². The minimum absolute atomic E-state index is 0.0335. The molecule has 0 amide bonds. The van der Waals surface area contributed by atoms with Crippen molar-refractivity contribution in [3.8, 4) is 5.75 Å². The molecule has 0 fully saturated rings. The highest BCUT2D eigenvalue weighted by Gasteiger charge is 2.14. The van der Waals surface area contributed by atoms with Gasteiger partial charge >= 0.3 is 0 Å². The third kappa shape index (κ3) is 1.95. The summed E-state index contributed by atoms with van der Waals surface area (Å²) in [6.45, 7) is 5.61. The summed E-state index contributed by atoms with van der Waals surface area (Å²) in [6.07, 6.45) is 1.31. The number of hydrogen-bond acceptors (Lipinski definition) is 2. The van der Waals surface area contributed by atoms with Gasteiger partial charge in [-0.3, -0.25) is 4.79 Å². The predicted molar refractivity (Wildman–Crippen MR) is 56.8 cm³/mol. The van der Waals surface area contributed by atoms with E-state index in [9.17, 15) is 9.90 Å². The first kappa shape index (κ1) is 10.8. The molecular weight excluding hydrogens is 176 g/mol. The molecule has 1 rings (SSSR count). The first-order valence-electron chi connectivity index (χ1n) is 4.90. The number of carbonyl (C=O) groups excluding carboxylic acids is 1. The zero-order valence-corrected chi connectivity index (χ0v) is 8.92. The second-order valence-corrected chi connectivity index (χ2v) is 3.60. The van der Waals surface area contributed by atoms with Gasteiger partial charge in [0.2, 0.25) is 0 Å². The summed E-state index contributed by atoms with van der Waals surface area (Å²) in [7, 11) is 0. The van der Waals surface area contributed by atoms with Crippen molar-refractivity contribution in [3.05, 3.63) is 28.8 Å². The first-order valence-corrected chi connectivity index (χ1v) is 4.90. The Morgan fingerprint density at radius 2 is 1.86 bits per heavy atom. The maximum Gasteiger partial charge on any atom is 0.166 e. The topological polar surface area (TPSA) is 37.3 Å². The van der Waals surface area contributed by atoms with Crippen molar-refractivity contribution in [2.24, 2.45) is 0 Å². The monoisotopic (exact) mass is 192 g/mol. The molecule has 0 bridgehead atoms. The minimum Gasteiger partial charge on any atom is -0.507 e. The van der Waals surface area contributed by atoms with E-state index in [1.807, 2.05) is 26.0 Å². The highest BCUT2D eigenvalue weighted by molar-refractivity contribution is 6.00.